The molecule has 5 nitrogen and oxygen atoms in total. The number of hydrogen-bond acceptors (Lipinski definition) is 3. The summed E-state index contributed by atoms with van der Waals surface area (Å²) >= 11 is 5.88. The highest BCUT2D eigenvalue weighted by atomic mass is 35.5. The number of rotatable bonds is 4. The van der Waals surface area contributed by atoms with Crippen LogP contribution in [0.4, 0.5) is 0 Å². The summed E-state index contributed by atoms with van der Waals surface area (Å²) in [5.74, 6) is -0.531. The van der Waals surface area contributed by atoms with E-state index in [-0.39, 0.29) is 11.8 Å². The van der Waals surface area contributed by atoms with Gasteiger partial charge in [-0.1, -0.05) is 37.6 Å². The van der Waals surface area contributed by atoms with Crippen LogP contribution in [-0.2, 0) is 4.79 Å². The van der Waals surface area contributed by atoms with Crippen LogP contribution in [0.5, 0.6) is 0 Å². The molecule has 1 aromatic heterocycles. The van der Waals surface area contributed by atoms with E-state index in [0.29, 0.717) is 16.3 Å². The van der Waals surface area contributed by atoms with Gasteiger partial charge < -0.3 is 4.42 Å². The van der Waals surface area contributed by atoms with Crippen LogP contribution in [0.25, 0.3) is 0 Å². The molecule has 0 saturated carbocycles. The minimum atomic E-state index is -0.414. The van der Waals surface area contributed by atoms with Crippen LogP contribution in [0.3, 0.4) is 0 Å². The van der Waals surface area contributed by atoms with E-state index in [4.69, 9.17) is 16.0 Å². The van der Waals surface area contributed by atoms with Crippen molar-refractivity contribution in [1.29, 1.82) is 0 Å². The van der Waals surface area contributed by atoms with Crippen LogP contribution in [-0.4, -0.2) is 11.8 Å². The number of carbonyl (C=O) groups is 2. The second-order valence-corrected chi connectivity index (χ2v) is 6.04. The average Bonchev–Trinajstić information content (AvgIpc) is 2.93. The number of aryl methyl sites for hydroxylation is 1. The van der Waals surface area contributed by atoms with Crippen molar-refractivity contribution in [2.45, 2.75) is 26.7 Å². The minimum absolute atomic E-state index is 0.0590. The molecular weight excluding hydrogens is 316 g/mol. The highest BCUT2D eigenvalue weighted by molar-refractivity contribution is 6.30. The van der Waals surface area contributed by atoms with Crippen LogP contribution in [0.2, 0.25) is 5.02 Å². The van der Waals surface area contributed by atoms with E-state index in [9.17, 15) is 9.59 Å². The highest BCUT2D eigenvalue weighted by Gasteiger charge is 2.25. The quantitative estimate of drug-likeness (QED) is 0.841. The van der Waals surface area contributed by atoms with Gasteiger partial charge in [-0.25, -0.2) is 0 Å². The molecule has 1 heterocycles. The van der Waals surface area contributed by atoms with Crippen molar-refractivity contribution >= 4 is 23.4 Å². The first-order valence-electron chi connectivity index (χ1n) is 7.30. The lowest BCUT2D eigenvalue weighted by Crippen LogP contribution is -2.45. The van der Waals surface area contributed by atoms with Gasteiger partial charge >= 0.3 is 0 Å². The van der Waals surface area contributed by atoms with E-state index in [1.807, 2.05) is 26.0 Å². The number of hydrazine groups is 1. The van der Waals surface area contributed by atoms with Crippen LogP contribution >= 0.6 is 11.6 Å². The molecule has 0 saturated heterocycles. The number of benzene rings is 1. The molecule has 6 heteroatoms. The molecule has 23 heavy (non-hydrogen) atoms. The number of amides is 2. The fourth-order valence-corrected chi connectivity index (χ4v) is 2.52. The first kappa shape index (κ1) is 17.1. The molecule has 0 unspecified atom stereocenters. The van der Waals surface area contributed by atoms with Gasteiger partial charge in [-0.15, -0.1) is 0 Å². The zero-order valence-electron chi connectivity index (χ0n) is 13.2. The maximum Gasteiger partial charge on any atom is 0.273 e. The van der Waals surface area contributed by atoms with Gasteiger partial charge in [0.15, 0.2) is 0 Å². The molecule has 0 aliphatic heterocycles. The summed E-state index contributed by atoms with van der Waals surface area (Å²) in [6.45, 7) is 5.57. The highest BCUT2D eigenvalue weighted by Crippen LogP contribution is 2.25. The van der Waals surface area contributed by atoms with Crippen molar-refractivity contribution in [3.63, 3.8) is 0 Å². The number of carbonyl (C=O) groups excluding carboxylic acids is 2. The fraction of sp³-hybridized carbons (Fsp3) is 0.294. The summed E-state index contributed by atoms with van der Waals surface area (Å²) in [7, 11) is 0. The van der Waals surface area contributed by atoms with Crippen molar-refractivity contribution in [1.82, 2.24) is 10.9 Å². The Kier molecular flexibility index (Phi) is 5.45. The number of halogens is 1. The van der Waals surface area contributed by atoms with Crippen LogP contribution in [0.1, 0.15) is 41.4 Å². The lowest BCUT2D eigenvalue weighted by atomic mass is 9.88. The van der Waals surface area contributed by atoms with Gasteiger partial charge in [0.25, 0.3) is 5.91 Å². The first-order chi connectivity index (χ1) is 10.9. The predicted molar refractivity (Wildman–Crippen MR) is 88.1 cm³/mol. The van der Waals surface area contributed by atoms with Gasteiger partial charge in [0, 0.05) is 5.02 Å². The molecule has 122 valence electrons. The van der Waals surface area contributed by atoms with Gasteiger partial charge in [0.2, 0.25) is 5.91 Å². The monoisotopic (exact) mass is 334 g/mol. The van der Waals surface area contributed by atoms with Gasteiger partial charge in [-0.3, -0.25) is 20.4 Å². The summed E-state index contributed by atoms with van der Waals surface area (Å²) in [5, 5.41) is 0.611. The van der Waals surface area contributed by atoms with Crippen molar-refractivity contribution < 1.29 is 14.0 Å². The average molecular weight is 335 g/mol. The molecule has 0 fully saturated rings. The van der Waals surface area contributed by atoms with Gasteiger partial charge in [0.1, 0.15) is 5.76 Å². The number of furan rings is 1. The lowest BCUT2D eigenvalue weighted by Gasteiger charge is -2.21. The minimum Gasteiger partial charge on any atom is -0.469 e. The molecule has 2 N–H and O–H groups in total. The van der Waals surface area contributed by atoms with Gasteiger partial charge in [0.05, 0.1) is 17.7 Å². The predicted octanol–water partition coefficient (Wildman–Crippen LogP) is 3.44. The second kappa shape index (κ2) is 7.33. The third-order valence-corrected chi connectivity index (χ3v) is 3.83. The molecule has 2 aromatic rings. The van der Waals surface area contributed by atoms with Crippen LogP contribution in [0.15, 0.2) is 41.0 Å². The summed E-state index contributed by atoms with van der Waals surface area (Å²) < 4.78 is 5.07. The SMILES string of the molecule is Cc1occc1C(=O)NNC(=O)[C@@H](c1ccc(Cl)cc1)C(C)C. The molecule has 0 aliphatic rings. The smallest absolute Gasteiger partial charge is 0.273 e. The van der Waals surface area contributed by atoms with Crippen molar-refractivity contribution in [2.75, 3.05) is 0 Å². The zero-order chi connectivity index (χ0) is 17.0. The Hall–Kier alpha value is -2.27. The molecule has 2 rings (SSSR count). The fourth-order valence-electron chi connectivity index (χ4n) is 2.39. The van der Waals surface area contributed by atoms with Crippen molar-refractivity contribution in [2.24, 2.45) is 5.92 Å². The van der Waals surface area contributed by atoms with E-state index in [1.165, 1.54) is 6.26 Å². The Morgan fingerprint density at radius 1 is 1.09 bits per heavy atom. The third-order valence-electron chi connectivity index (χ3n) is 3.58. The Labute approximate surface area is 140 Å². The van der Waals surface area contributed by atoms with Crippen LogP contribution in [0, 0.1) is 12.8 Å². The van der Waals surface area contributed by atoms with Gasteiger partial charge in [-0.2, -0.15) is 0 Å². The summed E-state index contributed by atoms with van der Waals surface area (Å²) in [4.78, 5) is 24.4. The third kappa shape index (κ3) is 4.13. The van der Waals surface area contributed by atoms with E-state index in [0.717, 1.165) is 5.56 Å². The van der Waals surface area contributed by atoms with E-state index < -0.39 is 11.8 Å². The molecule has 0 aliphatic carbocycles. The Bertz CT molecular complexity index is 692. The van der Waals surface area contributed by atoms with Crippen molar-refractivity contribution in [3.8, 4) is 0 Å². The zero-order valence-corrected chi connectivity index (χ0v) is 14.0. The topological polar surface area (TPSA) is 71.3 Å². The largest absolute Gasteiger partial charge is 0.469 e. The molecule has 1 atom stereocenters. The maximum atomic E-state index is 12.4. The van der Waals surface area contributed by atoms with E-state index in [2.05, 4.69) is 10.9 Å². The van der Waals surface area contributed by atoms with Gasteiger partial charge in [-0.05, 0) is 36.6 Å². The molecule has 2 amide bonds. The molecule has 1 aromatic carbocycles. The van der Waals surface area contributed by atoms with Crippen molar-refractivity contribution in [3.05, 3.63) is 58.5 Å². The number of nitrogens with one attached hydrogen (secondary N) is 2. The van der Waals surface area contributed by atoms with E-state index in [1.54, 1.807) is 25.1 Å². The summed E-state index contributed by atoms with van der Waals surface area (Å²) in [6.07, 6.45) is 1.43. The van der Waals surface area contributed by atoms with E-state index >= 15 is 0 Å². The summed E-state index contributed by atoms with van der Waals surface area (Å²) in [5.41, 5.74) is 6.13. The summed E-state index contributed by atoms with van der Waals surface area (Å²) in [6, 6.07) is 8.67. The maximum absolute atomic E-state index is 12.4. The number of hydrogen-bond donors (Lipinski definition) is 2. The molecule has 0 bridgehead atoms. The second-order valence-electron chi connectivity index (χ2n) is 5.61. The standard InChI is InChI=1S/C17H19ClN2O3/c1-10(2)15(12-4-6-13(18)7-5-12)17(22)20-19-16(21)14-8-9-23-11(14)3/h4-10,15H,1-3H3,(H,19,21)(H,20,22)/t15-/m1/s1. The lowest BCUT2D eigenvalue weighted by molar-refractivity contribution is -0.124. The Morgan fingerprint density at radius 2 is 1.74 bits per heavy atom. The normalized spacial score (nSPS) is 12.0. The molecular formula is C17H19ClN2O3. The van der Waals surface area contributed by atoms with Crippen LogP contribution < -0.4 is 10.9 Å². The Balaban J connectivity index is 2.06. The molecule has 0 radical (unpaired) electrons. The first-order valence-corrected chi connectivity index (χ1v) is 7.67. The Morgan fingerprint density at radius 3 is 2.26 bits per heavy atom. The molecule has 0 spiro atoms.